The van der Waals surface area contributed by atoms with E-state index in [1.807, 2.05) is 7.85 Å². The highest BCUT2D eigenvalue weighted by molar-refractivity contribution is 8.44. The van der Waals surface area contributed by atoms with E-state index < -0.39 is 19.0 Å². The maximum absolute atomic E-state index is 10.8. The Hall–Kier alpha value is 0.485. The van der Waals surface area contributed by atoms with Crippen molar-refractivity contribution in [3.8, 4) is 0 Å². The smallest absolute Gasteiger partial charge is 0.383 e. The molecule has 0 saturated carbocycles. The van der Waals surface area contributed by atoms with Gasteiger partial charge in [-0.05, 0) is 6.42 Å². The van der Waals surface area contributed by atoms with Crippen LogP contribution < -0.4 is 0 Å². The molecule has 1 saturated heterocycles. The van der Waals surface area contributed by atoms with E-state index in [4.69, 9.17) is 19.3 Å². The molecule has 0 aromatic rings. The summed E-state index contributed by atoms with van der Waals surface area (Å²) in [5.41, 5.74) is 0. The van der Waals surface area contributed by atoms with Crippen molar-refractivity contribution in [2.75, 3.05) is 6.61 Å². The minimum atomic E-state index is -3.79. The summed E-state index contributed by atoms with van der Waals surface area (Å²) in [7, 11) is 1.81. The zero-order valence-corrected chi connectivity index (χ0v) is 8.95. The zero-order chi connectivity index (χ0) is 10.1. The van der Waals surface area contributed by atoms with E-state index in [1.54, 1.807) is 0 Å². The topological polar surface area (TPSA) is 76.0 Å². The molecule has 1 rings (SSSR count). The summed E-state index contributed by atoms with van der Waals surface area (Å²) in [5, 5.41) is 8.85. The second-order valence-corrected chi connectivity index (χ2v) is 5.75. The van der Waals surface area contributed by atoms with Gasteiger partial charge < -0.3 is 14.7 Å². The molecule has 13 heavy (non-hydrogen) atoms. The largest absolute Gasteiger partial charge is 0.394 e. The van der Waals surface area contributed by atoms with Crippen molar-refractivity contribution in [3.63, 3.8) is 0 Å². The Labute approximate surface area is 82.5 Å². The molecule has 0 aromatic carbocycles. The van der Waals surface area contributed by atoms with Gasteiger partial charge in [-0.15, -0.1) is 0 Å². The predicted octanol–water partition coefficient (Wildman–Crippen LogP) is -0.858. The highest BCUT2D eigenvalue weighted by Crippen LogP contribution is 2.49. The number of hydrogen-bond acceptors (Lipinski definition) is 4. The van der Waals surface area contributed by atoms with Crippen LogP contribution in [0.15, 0.2) is 0 Å². The maximum atomic E-state index is 10.8. The van der Waals surface area contributed by atoms with Crippen molar-refractivity contribution in [3.05, 3.63) is 0 Å². The number of rotatable bonds is 3. The normalized spacial score (nSPS) is 38.8. The average molecular weight is 226 g/mol. The number of thiol groups is 1. The Kier molecular flexibility index (Phi) is 3.86. The third kappa shape index (κ3) is 3.62. The summed E-state index contributed by atoms with van der Waals surface area (Å²) in [4.78, 5) is 8.84. The molecule has 5 nitrogen and oxygen atoms in total. The van der Waals surface area contributed by atoms with E-state index >= 15 is 0 Å². The molecular weight excluding hydrogens is 214 g/mol. The van der Waals surface area contributed by atoms with Gasteiger partial charge >= 0.3 is 6.80 Å². The quantitative estimate of drug-likeness (QED) is 0.331. The molecule has 0 radical (unpaired) electrons. The highest BCUT2D eigenvalue weighted by Gasteiger charge is 2.36. The number of ether oxygens (including phenoxy) is 1. The third-order valence-corrected chi connectivity index (χ3v) is 2.67. The monoisotopic (exact) mass is 226 g/mol. The number of aliphatic hydroxyl groups excluding tert-OH is 1. The van der Waals surface area contributed by atoms with Crippen molar-refractivity contribution in [2.45, 2.75) is 24.6 Å². The minimum Gasteiger partial charge on any atom is -0.394 e. The van der Waals surface area contributed by atoms with Gasteiger partial charge in [0.2, 0.25) is 0 Å². The van der Waals surface area contributed by atoms with Crippen molar-refractivity contribution < 1.29 is 23.8 Å². The second-order valence-electron chi connectivity index (χ2n) is 3.04. The lowest BCUT2D eigenvalue weighted by Gasteiger charge is -2.17. The molecule has 0 amide bonds. The fraction of sp³-hybridized carbons (Fsp3) is 1.00. The van der Waals surface area contributed by atoms with Gasteiger partial charge in [-0.2, -0.15) is 0 Å². The Balaban J connectivity index is 2.54. The minimum absolute atomic E-state index is 0.0676. The Bertz CT molecular complexity index is 221. The van der Waals surface area contributed by atoms with E-state index in [0.29, 0.717) is 6.42 Å². The molecule has 2 N–H and O–H groups in total. The first kappa shape index (κ1) is 11.6. The van der Waals surface area contributed by atoms with Crippen LogP contribution in [0.5, 0.6) is 0 Å². The van der Waals surface area contributed by atoms with Crippen molar-refractivity contribution in [2.24, 2.45) is 0 Å². The fourth-order valence-electron chi connectivity index (χ4n) is 1.37. The van der Waals surface area contributed by atoms with Crippen molar-refractivity contribution >= 4 is 26.9 Å². The van der Waals surface area contributed by atoms with Crippen LogP contribution in [0.1, 0.15) is 6.42 Å². The first-order valence-corrected chi connectivity index (χ1v) is 6.65. The van der Waals surface area contributed by atoms with Crippen LogP contribution in [-0.2, 0) is 13.8 Å². The molecule has 1 aliphatic rings. The molecule has 0 spiro atoms. The molecule has 1 heterocycles. The molecule has 0 aliphatic carbocycles. The van der Waals surface area contributed by atoms with Gasteiger partial charge in [-0.3, -0.25) is 4.52 Å². The predicted molar refractivity (Wildman–Crippen MR) is 52.6 cm³/mol. The Morgan fingerprint density at radius 1 is 1.77 bits per heavy atom. The second kappa shape index (κ2) is 4.34. The standard InChI is InChI=1S/C5H12BO5PS/c6-5-1-3(4(2-7)10-5)11-12(8,9)13/h3-5,7H,1-2,6H2,(H2,8,9,13)/t3-,4-,5-/m1/s1. The Morgan fingerprint density at radius 3 is 2.85 bits per heavy atom. The maximum Gasteiger partial charge on any atom is 0.383 e. The van der Waals surface area contributed by atoms with Crippen molar-refractivity contribution in [1.82, 2.24) is 0 Å². The van der Waals surface area contributed by atoms with Gasteiger partial charge in [0.05, 0.1) is 12.7 Å². The molecule has 1 unspecified atom stereocenters. The molecule has 8 heteroatoms. The van der Waals surface area contributed by atoms with Gasteiger partial charge in [-0.25, -0.2) is 4.57 Å². The molecule has 0 bridgehead atoms. The summed E-state index contributed by atoms with van der Waals surface area (Å²) in [6, 6.07) is -0.0676. The summed E-state index contributed by atoms with van der Waals surface area (Å²) in [6.07, 6.45) is -0.577. The van der Waals surface area contributed by atoms with E-state index in [0.717, 1.165) is 0 Å². The van der Waals surface area contributed by atoms with E-state index in [1.165, 1.54) is 0 Å². The molecule has 76 valence electrons. The van der Waals surface area contributed by atoms with Crippen LogP contribution in [0.3, 0.4) is 0 Å². The average Bonchev–Trinajstić information content (AvgIpc) is 2.27. The van der Waals surface area contributed by atoms with Gasteiger partial charge in [0, 0.05) is 6.00 Å². The summed E-state index contributed by atoms with van der Waals surface area (Å²) >= 11 is 3.39. The van der Waals surface area contributed by atoms with Crippen LogP contribution in [0.2, 0.25) is 0 Å². The lowest BCUT2D eigenvalue weighted by atomic mass is 9.96. The SMILES string of the molecule is B[C@H]1C[C@@H](OP(=O)(O)S)[C@@H](CO)O1. The zero-order valence-electron chi connectivity index (χ0n) is 7.16. The third-order valence-electron chi connectivity index (χ3n) is 1.84. The summed E-state index contributed by atoms with van der Waals surface area (Å²) in [6.45, 7) is -4.01. The molecule has 1 aliphatic heterocycles. The molecule has 1 fully saturated rings. The van der Waals surface area contributed by atoms with Gasteiger partial charge in [-0.1, -0.05) is 12.2 Å². The van der Waals surface area contributed by atoms with Crippen LogP contribution >= 0.6 is 19.0 Å². The molecule has 0 aromatic heterocycles. The van der Waals surface area contributed by atoms with Crippen LogP contribution in [0.4, 0.5) is 0 Å². The van der Waals surface area contributed by atoms with Crippen LogP contribution in [-0.4, -0.2) is 42.7 Å². The fourth-order valence-corrected chi connectivity index (χ4v) is 2.31. The van der Waals surface area contributed by atoms with Crippen LogP contribution in [0, 0.1) is 0 Å². The highest BCUT2D eigenvalue weighted by atomic mass is 32.7. The molecule has 4 atom stereocenters. The summed E-state index contributed by atoms with van der Waals surface area (Å²) in [5.74, 6) is 0. The lowest BCUT2D eigenvalue weighted by molar-refractivity contribution is 0.00248. The van der Waals surface area contributed by atoms with Gasteiger partial charge in [0.1, 0.15) is 14.0 Å². The molecular formula is C5H12BO5PS. The first-order chi connectivity index (χ1) is 5.92. The van der Waals surface area contributed by atoms with Crippen LogP contribution in [0.25, 0.3) is 0 Å². The number of aliphatic hydroxyl groups is 1. The Morgan fingerprint density at radius 2 is 2.38 bits per heavy atom. The first-order valence-electron chi connectivity index (χ1n) is 3.92. The summed E-state index contributed by atoms with van der Waals surface area (Å²) < 4.78 is 20.8. The lowest BCUT2D eigenvalue weighted by Crippen LogP contribution is -2.26. The van der Waals surface area contributed by atoms with E-state index in [-0.39, 0.29) is 12.6 Å². The number of hydrogen-bond donors (Lipinski definition) is 3. The van der Waals surface area contributed by atoms with E-state index in [9.17, 15) is 4.57 Å². The van der Waals surface area contributed by atoms with Crippen molar-refractivity contribution in [1.29, 1.82) is 0 Å². The van der Waals surface area contributed by atoms with E-state index in [2.05, 4.69) is 12.2 Å². The van der Waals surface area contributed by atoms with Gasteiger partial charge in [0.15, 0.2) is 0 Å². The van der Waals surface area contributed by atoms with Gasteiger partial charge in [0.25, 0.3) is 0 Å².